The average molecular weight is 388 g/mol. The van der Waals surface area contributed by atoms with Crippen molar-refractivity contribution in [3.05, 3.63) is 48.4 Å². The summed E-state index contributed by atoms with van der Waals surface area (Å²) >= 11 is 1.37. The summed E-state index contributed by atoms with van der Waals surface area (Å²) in [4.78, 5) is 34.3. The van der Waals surface area contributed by atoms with E-state index in [1.807, 2.05) is 58.0 Å². The zero-order valence-corrected chi connectivity index (χ0v) is 16.9. The van der Waals surface area contributed by atoms with Gasteiger partial charge in [0.1, 0.15) is 10.6 Å². The number of carbonyl (C=O) groups excluding carboxylic acids is 2. The minimum Gasteiger partial charge on any atom is -0.460 e. The van der Waals surface area contributed by atoms with Crippen LogP contribution < -0.4 is 5.32 Å². The molecule has 1 aromatic heterocycles. The molecule has 0 aliphatic rings. The maximum absolute atomic E-state index is 12.6. The second-order valence-corrected chi connectivity index (χ2v) is 8.04. The van der Waals surface area contributed by atoms with Gasteiger partial charge in [0.15, 0.2) is 5.69 Å². The van der Waals surface area contributed by atoms with Crippen molar-refractivity contribution < 1.29 is 14.3 Å². The van der Waals surface area contributed by atoms with Crippen molar-refractivity contribution in [2.75, 3.05) is 6.54 Å². The highest BCUT2D eigenvalue weighted by molar-refractivity contribution is 7.99. The highest BCUT2D eigenvalue weighted by Crippen LogP contribution is 2.27. The molecule has 27 heavy (non-hydrogen) atoms. The molecule has 6 nitrogen and oxygen atoms in total. The van der Waals surface area contributed by atoms with Crippen molar-refractivity contribution in [2.24, 2.45) is 5.92 Å². The molecule has 7 heteroatoms. The molecule has 1 unspecified atom stereocenters. The van der Waals surface area contributed by atoms with E-state index in [1.165, 1.54) is 18.0 Å². The lowest BCUT2D eigenvalue weighted by Gasteiger charge is -2.23. The Labute approximate surface area is 164 Å². The van der Waals surface area contributed by atoms with Crippen molar-refractivity contribution in [3.63, 3.8) is 0 Å². The topological polar surface area (TPSA) is 81.2 Å². The Bertz CT molecular complexity index is 776. The number of carbonyl (C=O) groups is 2. The number of hydrogen-bond acceptors (Lipinski definition) is 6. The lowest BCUT2D eigenvalue weighted by atomic mass is 10.1. The Morgan fingerprint density at radius 2 is 1.81 bits per heavy atom. The van der Waals surface area contributed by atoms with Gasteiger partial charge in [0.2, 0.25) is 0 Å². The SMILES string of the molecule is CCC(CNC(=O)c1nccnc1Sc1ccccc1)C(=O)OC(C)(C)C. The fraction of sp³-hybridized carbons (Fsp3) is 0.400. The third kappa shape index (κ3) is 6.67. The Morgan fingerprint density at radius 1 is 1.15 bits per heavy atom. The summed E-state index contributed by atoms with van der Waals surface area (Å²) in [5.74, 6) is -1.08. The van der Waals surface area contributed by atoms with E-state index in [0.717, 1.165) is 4.90 Å². The van der Waals surface area contributed by atoms with Crippen LogP contribution in [0.1, 0.15) is 44.6 Å². The van der Waals surface area contributed by atoms with E-state index >= 15 is 0 Å². The summed E-state index contributed by atoms with van der Waals surface area (Å²) in [6.07, 6.45) is 3.61. The normalized spacial score (nSPS) is 12.3. The lowest BCUT2D eigenvalue weighted by Crippen LogP contribution is -2.37. The van der Waals surface area contributed by atoms with E-state index < -0.39 is 11.5 Å². The minimum absolute atomic E-state index is 0.191. The number of aromatic nitrogens is 2. The van der Waals surface area contributed by atoms with Gasteiger partial charge < -0.3 is 10.1 Å². The molecule has 2 rings (SSSR count). The Balaban J connectivity index is 2.04. The van der Waals surface area contributed by atoms with Crippen LogP contribution >= 0.6 is 11.8 Å². The van der Waals surface area contributed by atoms with Crippen LogP contribution in [0.5, 0.6) is 0 Å². The van der Waals surface area contributed by atoms with Crippen molar-refractivity contribution in [3.8, 4) is 0 Å². The highest BCUT2D eigenvalue weighted by atomic mass is 32.2. The molecule has 0 aliphatic carbocycles. The number of benzene rings is 1. The van der Waals surface area contributed by atoms with Gasteiger partial charge in [-0.25, -0.2) is 9.97 Å². The van der Waals surface area contributed by atoms with Crippen LogP contribution in [0.3, 0.4) is 0 Å². The van der Waals surface area contributed by atoms with E-state index in [0.29, 0.717) is 11.4 Å². The maximum Gasteiger partial charge on any atom is 0.311 e. The van der Waals surface area contributed by atoms with Crippen LogP contribution in [0.25, 0.3) is 0 Å². The van der Waals surface area contributed by atoms with Gasteiger partial charge in [0, 0.05) is 23.8 Å². The Hall–Kier alpha value is -2.41. The quantitative estimate of drug-likeness (QED) is 0.729. The molecule has 0 bridgehead atoms. The summed E-state index contributed by atoms with van der Waals surface area (Å²) in [5.41, 5.74) is -0.316. The number of rotatable bonds is 7. The van der Waals surface area contributed by atoms with Crippen LogP contribution in [0.2, 0.25) is 0 Å². The van der Waals surface area contributed by atoms with Gasteiger partial charge in [-0.1, -0.05) is 36.9 Å². The third-order valence-corrected chi connectivity index (χ3v) is 4.58. The molecule has 1 atom stereocenters. The number of nitrogens with zero attached hydrogens (tertiary/aromatic N) is 2. The first-order chi connectivity index (χ1) is 12.8. The van der Waals surface area contributed by atoms with Gasteiger partial charge in [-0.05, 0) is 39.3 Å². The van der Waals surface area contributed by atoms with E-state index in [1.54, 1.807) is 6.20 Å². The van der Waals surface area contributed by atoms with Crippen LogP contribution in [-0.4, -0.2) is 34.0 Å². The van der Waals surface area contributed by atoms with E-state index in [-0.39, 0.29) is 24.1 Å². The van der Waals surface area contributed by atoms with Gasteiger partial charge in [-0.15, -0.1) is 0 Å². The van der Waals surface area contributed by atoms with Crippen molar-refractivity contribution in [2.45, 2.75) is 49.6 Å². The number of ether oxygens (including phenoxy) is 1. The van der Waals surface area contributed by atoms with Gasteiger partial charge >= 0.3 is 5.97 Å². The van der Waals surface area contributed by atoms with Crippen molar-refractivity contribution in [1.82, 2.24) is 15.3 Å². The first-order valence-corrected chi connectivity index (χ1v) is 9.66. The van der Waals surface area contributed by atoms with Gasteiger partial charge in [0.25, 0.3) is 5.91 Å². The number of esters is 1. The molecular weight excluding hydrogens is 362 g/mol. The van der Waals surface area contributed by atoms with Gasteiger partial charge in [-0.2, -0.15) is 0 Å². The Kier molecular flexibility index (Phi) is 7.36. The number of hydrogen-bond donors (Lipinski definition) is 1. The molecular formula is C20H25N3O3S. The van der Waals surface area contributed by atoms with Crippen molar-refractivity contribution in [1.29, 1.82) is 0 Å². The second kappa shape index (κ2) is 9.50. The average Bonchev–Trinajstić information content (AvgIpc) is 2.62. The summed E-state index contributed by atoms with van der Waals surface area (Å²) in [7, 11) is 0. The zero-order valence-electron chi connectivity index (χ0n) is 16.1. The third-order valence-electron chi connectivity index (χ3n) is 3.58. The maximum atomic E-state index is 12.6. The molecule has 144 valence electrons. The van der Waals surface area contributed by atoms with Crippen LogP contribution in [0, 0.1) is 5.92 Å². The standard InChI is InChI=1S/C20H25N3O3S/c1-5-14(19(25)26-20(2,3)4)13-23-17(24)16-18(22-12-11-21-16)27-15-9-7-6-8-10-15/h6-12,14H,5,13H2,1-4H3,(H,23,24). The van der Waals surface area contributed by atoms with Crippen LogP contribution in [0.4, 0.5) is 0 Å². The van der Waals surface area contributed by atoms with E-state index in [4.69, 9.17) is 4.74 Å². The predicted octanol–water partition coefficient (Wildman–Crippen LogP) is 3.73. The fourth-order valence-electron chi connectivity index (χ4n) is 2.23. The molecule has 0 fully saturated rings. The molecule has 0 radical (unpaired) electrons. The molecule has 1 aromatic carbocycles. The molecule has 0 saturated carbocycles. The Morgan fingerprint density at radius 3 is 2.44 bits per heavy atom. The van der Waals surface area contributed by atoms with E-state index in [2.05, 4.69) is 15.3 Å². The highest BCUT2D eigenvalue weighted by Gasteiger charge is 2.25. The predicted molar refractivity (Wildman–Crippen MR) is 105 cm³/mol. The summed E-state index contributed by atoms with van der Waals surface area (Å²) < 4.78 is 5.41. The number of amides is 1. The van der Waals surface area contributed by atoms with Crippen LogP contribution in [-0.2, 0) is 9.53 Å². The minimum atomic E-state index is -0.557. The molecule has 0 aliphatic heterocycles. The lowest BCUT2D eigenvalue weighted by molar-refractivity contribution is -0.159. The molecule has 1 amide bonds. The molecule has 0 spiro atoms. The van der Waals surface area contributed by atoms with Gasteiger partial charge in [0.05, 0.1) is 5.92 Å². The second-order valence-electron chi connectivity index (χ2n) is 6.97. The largest absolute Gasteiger partial charge is 0.460 e. The van der Waals surface area contributed by atoms with Gasteiger partial charge in [-0.3, -0.25) is 9.59 Å². The molecule has 1 N–H and O–H groups in total. The summed E-state index contributed by atoms with van der Waals surface area (Å²) in [6.45, 7) is 7.55. The molecule has 0 saturated heterocycles. The molecule has 1 heterocycles. The first-order valence-electron chi connectivity index (χ1n) is 8.85. The van der Waals surface area contributed by atoms with Crippen molar-refractivity contribution >= 4 is 23.6 Å². The smallest absolute Gasteiger partial charge is 0.311 e. The monoisotopic (exact) mass is 387 g/mol. The summed E-state index contributed by atoms with van der Waals surface area (Å²) in [6, 6.07) is 9.65. The molecule has 2 aromatic rings. The summed E-state index contributed by atoms with van der Waals surface area (Å²) in [5, 5.41) is 3.31. The fourth-order valence-corrected chi connectivity index (χ4v) is 3.11. The van der Waals surface area contributed by atoms with Crippen LogP contribution in [0.15, 0.2) is 52.6 Å². The number of nitrogens with one attached hydrogen (secondary N) is 1. The van der Waals surface area contributed by atoms with E-state index in [9.17, 15) is 9.59 Å². The first kappa shape index (κ1) is 20.9. The zero-order chi connectivity index (χ0) is 19.9.